The Morgan fingerprint density at radius 1 is 1.22 bits per heavy atom. The van der Waals surface area contributed by atoms with Crippen molar-refractivity contribution in [1.29, 1.82) is 5.26 Å². The van der Waals surface area contributed by atoms with Crippen LogP contribution in [0.4, 0.5) is 0 Å². The second-order valence-corrected chi connectivity index (χ2v) is 6.56. The maximum absolute atomic E-state index is 12.0. The van der Waals surface area contributed by atoms with Gasteiger partial charge in [-0.1, -0.05) is 35.9 Å². The molecule has 23 heavy (non-hydrogen) atoms. The Kier molecular flexibility index (Phi) is 6.52. The molecule has 5 heteroatoms. The second-order valence-electron chi connectivity index (χ2n) is 5.14. The number of amides is 1. The summed E-state index contributed by atoms with van der Waals surface area (Å²) in [6, 6.07) is 16.9. The Hall–Kier alpha value is -1.96. The molecule has 3 nitrogen and oxygen atoms in total. The molecule has 0 fully saturated rings. The van der Waals surface area contributed by atoms with Gasteiger partial charge in [0.1, 0.15) is 0 Å². The molecule has 1 atom stereocenters. The van der Waals surface area contributed by atoms with E-state index in [0.717, 1.165) is 16.9 Å². The van der Waals surface area contributed by atoms with Crippen LogP contribution in [-0.4, -0.2) is 11.7 Å². The van der Waals surface area contributed by atoms with Crippen LogP contribution in [0, 0.1) is 11.3 Å². The molecule has 0 aromatic heterocycles. The van der Waals surface area contributed by atoms with E-state index < -0.39 is 0 Å². The minimum atomic E-state index is -0.0774. The van der Waals surface area contributed by atoms with Crippen LogP contribution in [0.2, 0.25) is 5.02 Å². The number of benzene rings is 2. The van der Waals surface area contributed by atoms with E-state index in [2.05, 4.69) is 11.4 Å². The number of carbonyl (C=O) groups excluding carboxylic acids is 1. The summed E-state index contributed by atoms with van der Waals surface area (Å²) in [5.74, 6) is 1.18. The summed E-state index contributed by atoms with van der Waals surface area (Å²) in [5.41, 5.74) is 2.75. The molecule has 0 heterocycles. The van der Waals surface area contributed by atoms with E-state index in [9.17, 15) is 4.79 Å². The van der Waals surface area contributed by atoms with E-state index >= 15 is 0 Å². The van der Waals surface area contributed by atoms with E-state index in [1.807, 2.05) is 43.3 Å². The van der Waals surface area contributed by atoms with E-state index in [-0.39, 0.29) is 11.9 Å². The average Bonchev–Trinajstić information content (AvgIpc) is 2.56. The van der Waals surface area contributed by atoms with Gasteiger partial charge < -0.3 is 5.32 Å². The predicted octanol–water partition coefficient (Wildman–Crippen LogP) is 4.32. The Labute approximate surface area is 145 Å². The van der Waals surface area contributed by atoms with Crippen LogP contribution in [0.3, 0.4) is 0 Å². The highest BCUT2D eigenvalue weighted by Gasteiger charge is 2.09. The summed E-state index contributed by atoms with van der Waals surface area (Å²) in [7, 11) is 0. The van der Waals surface area contributed by atoms with E-state index in [0.29, 0.717) is 16.3 Å². The maximum Gasteiger partial charge on any atom is 0.230 e. The quantitative estimate of drug-likeness (QED) is 0.848. The number of rotatable bonds is 6. The molecule has 0 saturated heterocycles. The van der Waals surface area contributed by atoms with Crippen molar-refractivity contribution in [3.05, 3.63) is 70.2 Å². The number of nitrogens with one attached hydrogen (secondary N) is 1. The third kappa shape index (κ3) is 5.63. The minimum Gasteiger partial charge on any atom is -0.349 e. The van der Waals surface area contributed by atoms with Crippen LogP contribution in [-0.2, 0) is 10.5 Å². The van der Waals surface area contributed by atoms with E-state index in [1.165, 1.54) is 0 Å². The number of carbonyl (C=O) groups is 1. The molecule has 2 aromatic carbocycles. The van der Waals surface area contributed by atoms with Crippen molar-refractivity contribution in [2.75, 3.05) is 5.75 Å². The normalized spacial score (nSPS) is 11.5. The zero-order valence-electron chi connectivity index (χ0n) is 12.8. The lowest BCUT2D eigenvalue weighted by Gasteiger charge is -2.14. The first-order valence-electron chi connectivity index (χ1n) is 7.20. The maximum atomic E-state index is 12.0. The van der Waals surface area contributed by atoms with Crippen molar-refractivity contribution in [2.24, 2.45) is 0 Å². The monoisotopic (exact) mass is 344 g/mol. The highest BCUT2D eigenvalue weighted by atomic mass is 35.5. The second kappa shape index (κ2) is 8.61. The van der Waals surface area contributed by atoms with Gasteiger partial charge >= 0.3 is 0 Å². The molecule has 1 N–H and O–H groups in total. The van der Waals surface area contributed by atoms with Crippen LogP contribution in [0.5, 0.6) is 0 Å². The lowest BCUT2D eigenvalue weighted by atomic mass is 10.1. The first-order valence-corrected chi connectivity index (χ1v) is 8.73. The van der Waals surface area contributed by atoms with Gasteiger partial charge in [0, 0.05) is 10.8 Å². The van der Waals surface area contributed by atoms with Crippen LogP contribution >= 0.6 is 23.4 Å². The molecule has 2 rings (SSSR count). The van der Waals surface area contributed by atoms with Crippen molar-refractivity contribution >= 4 is 29.3 Å². The van der Waals surface area contributed by atoms with Crippen molar-refractivity contribution in [3.8, 4) is 6.07 Å². The Balaban J connectivity index is 1.77. The van der Waals surface area contributed by atoms with Crippen LogP contribution in [0.1, 0.15) is 29.7 Å². The van der Waals surface area contributed by atoms with Gasteiger partial charge in [-0.2, -0.15) is 5.26 Å². The molecular weight excluding hydrogens is 328 g/mol. The fourth-order valence-corrected chi connectivity index (χ4v) is 2.98. The molecule has 0 saturated carbocycles. The SMILES string of the molecule is CC(NC(=O)CSCc1ccc(Cl)cc1)c1ccc(C#N)cc1. The Bertz CT molecular complexity index is 692. The van der Waals surface area contributed by atoms with E-state index in [4.69, 9.17) is 16.9 Å². The molecule has 0 aliphatic heterocycles. The Morgan fingerprint density at radius 2 is 1.87 bits per heavy atom. The summed E-state index contributed by atoms with van der Waals surface area (Å²) in [5, 5.41) is 12.5. The summed E-state index contributed by atoms with van der Waals surface area (Å²) in [6.45, 7) is 1.93. The number of halogens is 1. The molecule has 1 amide bonds. The molecule has 0 aliphatic rings. The number of thioether (sulfide) groups is 1. The van der Waals surface area contributed by atoms with Gasteiger partial charge in [-0.25, -0.2) is 0 Å². The van der Waals surface area contributed by atoms with E-state index in [1.54, 1.807) is 23.9 Å². The first-order chi connectivity index (χ1) is 11.1. The van der Waals surface area contributed by atoms with Gasteiger partial charge in [0.25, 0.3) is 0 Å². The molecule has 118 valence electrons. The van der Waals surface area contributed by atoms with Crippen molar-refractivity contribution < 1.29 is 4.79 Å². The van der Waals surface area contributed by atoms with Crippen LogP contribution in [0.15, 0.2) is 48.5 Å². The number of nitrogens with zero attached hydrogens (tertiary/aromatic N) is 1. The number of hydrogen-bond acceptors (Lipinski definition) is 3. The fourth-order valence-electron chi connectivity index (χ4n) is 2.06. The minimum absolute atomic E-state index is 0.000762. The Morgan fingerprint density at radius 3 is 2.48 bits per heavy atom. The van der Waals surface area contributed by atoms with Crippen molar-refractivity contribution in [1.82, 2.24) is 5.32 Å². The van der Waals surface area contributed by atoms with Gasteiger partial charge in [0.05, 0.1) is 23.4 Å². The molecule has 0 spiro atoms. The fraction of sp³-hybridized carbons (Fsp3) is 0.222. The standard InChI is InChI=1S/C18H17ClN2OS/c1-13(16-6-2-14(10-20)3-7-16)21-18(22)12-23-11-15-4-8-17(19)9-5-15/h2-9,13H,11-12H2,1H3,(H,21,22). The lowest BCUT2D eigenvalue weighted by Crippen LogP contribution is -2.28. The molecule has 0 bridgehead atoms. The van der Waals surface area contributed by atoms with Crippen molar-refractivity contribution in [3.63, 3.8) is 0 Å². The average molecular weight is 345 g/mol. The summed E-state index contributed by atoms with van der Waals surface area (Å²) in [6.07, 6.45) is 0. The largest absolute Gasteiger partial charge is 0.349 e. The zero-order valence-corrected chi connectivity index (χ0v) is 14.3. The van der Waals surface area contributed by atoms with Gasteiger partial charge in [-0.05, 0) is 42.3 Å². The summed E-state index contributed by atoms with van der Waals surface area (Å²) >= 11 is 7.41. The molecule has 2 aromatic rings. The zero-order chi connectivity index (χ0) is 16.7. The highest BCUT2D eigenvalue weighted by molar-refractivity contribution is 7.99. The number of nitriles is 1. The smallest absolute Gasteiger partial charge is 0.230 e. The summed E-state index contributed by atoms with van der Waals surface area (Å²) in [4.78, 5) is 12.0. The van der Waals surface area contributed by atoms with Gasteiger partial charge in [0.15, 0.2) is 0 Å². The van der Waals surface area contributed by atoms with Crippen LogP contribution in [0.25, 0.3) is 0 Å². The highest BCUT2D eigenvalue weighted by Crippen LogP contribution is 2.16. The lowest BCUT2D eigenvalue weighted by molar-refractivity contribution is -0.119. The third-order valence-corrected chi connectivity index (χ3v) is 4.59. The first kappa shape index (κ1) is 17.4. The van der Waals surface area contributed by atoms with Gasteiger partial charge in [-0.15, -0.1) is 11.8 Å². The predicted molar refractivity (Wildman–Crippen MR) is 95.3 cm³/mol. The molecular formula is C18H17ClN2OS. The van der Waals surface area contributed by atoms with Crippen molar-refractivity contribution in [2.45, 2.75) is 18.7 Å². The molecule has 1 unspecified atom stereocenters. The van der Waals surface area contributed by atoms with Gasteiger partial charge in [0.2, 0.25) is 5.91 Å². The topological polar surface area (TPSA) is 52.9 Å². The molecule has 0 radical (unpaired) electrons. The summed E-state index contributed by atoms with van der Waals surface area (Å²) < 4.78 is 0. The number of hydrogen-bond donors (Lipinski definition) is 1. The molecule has 0 aliphatic carbocycles. The van der Waals surface area contributed by atoms with Crippen LogP contribution < -0.4 is 5.32 Å². The third-order valence-electron chi connectivity index (χ3n) is 3.33. The van der Waals surface area contributed by atoms with Gasteiger partial charge in [-0.3, -0.25) is 4.79 Å².